The van der Waals surface area contributed by atoms with E-state index in [1.165, 1.54) is 29.2 Å². The van der Waals surface area contributed by atoms with Crippen LogP contribution in [0.2, 0.25) is 0 Å². The number of carbonyl (C=O) groups excluding carboxylic acids is 2. The molecule has 2 heterocycles. The minimum atomic E-state index is -0.985. The zero-order chi connectivity index (χ0) is 23.2. The van der Waals surface area contributed by atoms with Crippen molar-refractivity contribution >= 4 is 23.3 Å². The van der Waals surface area contributed by atoms with Crippen LogP contribution in [0.3, 0.4) is 0 Å². The summed E-state index contributed by atoms with van der Waals surface area (Å²) in [5.74, 6) is 0.421. The highest BCUT2D eigenvalue weighted by Gasteiger charge is 2.50. The molecule has 0 unspecified atom stereocenters. The van der Waals surface area contributed by atoms with E-state index in [1.54, 1.807) is 31.4 Å². The molecule has 7 nitrogen and oxygen atoms in total. The molecule has 0 aliphatic carbocycles. The van der Waals surface area contributed by atoms with Crippen LogP contribution in [0.5, 0.6) is 11.5 Å². The van der Waals surface area contributed by atoms with Gasteiger partial charge in [-0.1, -0.05) is 18.2 Å². The molecule has 3 aromatic carbocycles. The Morgan fingerprint density at radius 3 is 2.70 bits per heavy atom. The average Bonchev–Trinajstić information content (AvgIpc) is 2.80. The SMILES string of the molecule is COc1cccc2c1O[C@@]1(C)C[C@H]2NC(=O)N1c1cccc(C(=O)Nc2ccc(F)cc2)c1. The molecule has 2 aliphatic heterocycles. The lowest BCUT2D eigenvalue weighted by Crippen LogP contribution is -2.65. The number of hydrogen-bond acceptors (Lipinski definition) is 4. The van der Waals surface area contributed by atoms with Gasteiger partial charge in [-0.05, 0) is 55.5 Å². The van der Waals surface area contributed by atoms with Gasteiger partial charge in [0.15, 0.2) is 17.2 Å². The first-order valence-electron chi connectivity index (χ1n) is 10.5. The van der Waals surface area contributed by atoms with E-state index in [-0.39, 0.29) is 23.8 Å². The summed E-state index contributed by atoms with van der Waals surface area (Å²) in [4.78, 5) is 27.5. The maximum Gasteiger partial charge on any atom is 0.325 e. The number of para-hydroxylation sites is 1. The number of amides is 3. The monoisotopic (exact) mass is 447 g/mol. The average molecular weight is 447 g/mol. The molecule has 0 saturated carbocycles. The molecule has 2 bridgehead atoms. The number of benzene rings is 3. The van der Waals surface area contributed by atoms with Gasteiger partial charge in [-0.2, -0.15) is 0 Å². The number of hydrogen-bond donors (Lipinski definition) is 2. The summed E-state index contributed by atoms with van der Waals surface area (Å²) in [6, 6.07) is 17.3. The molecule has 0 spiro atoms. The zero-order valence-corrected chi connectivity index (χ0v) is 18.1. The van der Waals surface area contributed by atoms with Crippen molar-refractivity contribution in [2.45, 2.75) is 25.1 Å². The van der Waals surface area contributed by atoms with Crippen LogP contribution in [0.15, 0.2) is 66.7 Å². The maximum absolute atomic E-state index is 13.1. The first-order chi connectivity index (χ1) is 15.9. The number of rotatable bonds is 4. The lowest BCUT2D eigenvalue weighted by Gasteiger charge is -2.50. The van der Waals surface area contributed by atoms with Gasteiger partial charge in [-0.25, -0.2) is 9.18 Å². The topological polar surface area (TPSA) is 79.9 Å². The summed E-state index contributed by atoms with van der Waals surface area (Å²) in [5.41, 5.74) is 1.22. The number of anilines is 2. The summed E-state index contributed by atoms with van der Waals surface area (Å²) in [6.45, 7) is 1.85. The van der Waals surface area contributed by atoms with E-state index in [0.717, 1.165) is 5.56 Å². The van der Waals surface area contributed by atoms with E-state index < -0.39 is 5.72 Å². The van der Waals surface area contributed by atoms with E-state index in [9.17, 15) is 14.0 Å². The molecular formula is C25H22FN3O4. The standard InChI is InChI=1S/C25H22FN3O4/c1-25-14-20(19-7-4-8-21(32-2)22(19)33-25)28-24(31)29(25)18-6-3-5-15(13-18)23(30)27-17-11-9-16(26)10-12-17/h3-13,20H,14H2,1-2H3,(H,27,30)(H,28,31)/t20-,25+/m1/s1. The predicted octanol–water partition coefficient (Wildman–Crippen LogP) is 4.86. The zero-order valence-electron chi connectivity index (χ0n) is 18.1. The van der Waals surface area contributed by atoms with Gasteiger partial charge in [0.1, 0.15) is 5.82 Å². The number of methoxy groups -OCH3 is 1. The lowest BCUT2D eigenvalue weighted by molar-refractivity contribution is 0.0349. The van der Waals surface area contributed by atoms with Gasteiger partial charge >= 0.3 is 6.03 Å². The molecule has 0 aromatic heterocycles. The van der Waals surface area contributed by atoms with Crippen LogP contribution < -0.4 is 25.0 Å². The first-order valence-corrected chi connectivity index (χ1v) is 10.5. The maximum atomic E-state index is 13.1. The van der Waals surface area contributed by atoms with Gasteiger partial charge < -0.3 is 20.1 Å². The summed E-state index contributed by atoms with van der Waals surface area (Å²) in [5, 5.41) is 5.77. The number of urea groups is 1. The second kappa shape index (κ2) is 7.81. The summed E-state index contributed by atoms with van der Waals surface area (Å²) in [6.07, 6.45) is 0.519. The first kappa shape index (κ1) is 20.8. The molecule has 0 radical (unpaired) electrons. The largest absolute Gasteiger partial charge is 0.493 e. The molecule has 8 heteroatoms. The van der Waals surface area contributed by atoms with E-state index >= 15 is 0 Å². The van der Waals surface area contributed by atoms with Crippen LogP contribution in [0.4, 0.5) is 20.6 Å². The van der Waals surface area contributed by atoms with Crippen LogP contribution >= 0.6 is 0 Å². The van der Waals surface area contributed by atoms with Gasteiger partial charge in [-0.15, -0.1) is 0 Å². The number of nitrogens with one attached hydrogen (secondary N) is 2. The fourth-order valence-corrected chi connectivity index (χ4v) is 4.43. The highest BCUT2D eigenvalue weighted by molar-refractivity contribution is 6.05. The molecular weight excluding hydrogens is 425 g/mol. The number of nitrogens with zero attached hydrogens (tertiary/aromatic N) is 1. The Hall–Kier alpha value is -4.07. The van der Waals surface area contributed by atoms with E-state index in [4.69, 9.17) is 9.47 Å². The second-order valence-corrected chi connectivity index (χ2v) is 8.21. The highest BCUT2D eigenvalue weighted by Crippen LogP contribution is 2.49. The highest BCUT2D eigenvalue weighted by atomic mass is 19.1. The van der Waals surface area contributed by atoms with E-state index in [2.05, 4.69) is 10.6 Å². The van der Waals surface area contributed by atoms with Crippen molar-refractivity contribution < 1.29 is 23.5 Å². The molecule has 2 aliphatic rings. The summed E-state index contributed by atoms with van der Waals surface area (Å²) >= 11 is 0. The molecule has 3 amide bonds. The van der Waals surface area contributed by atoms with Crippen molar-refractivity contribution in [3.8, 4) is 11.5 Å². The smallest absolute Gasteiger partial charge is 0.325 e. The summed E-state index contributed by atoms with van der Waals surface area (Å²) < 4.78 is 25.0. The van der Waals surface area contributed by atoms with Crippen LogP contribution in [-0.4, -0.2) is 24.8 Å². The van der Waals surface area contributed by atoms with Crippen LogP contribution in [-0.2, 0) is 0 Å². The van der Waals surface area contributed by atoms with Crippen LogP contribution in [0.1, 0.15) is 35.3 Å². The van der Waals surface area contributed by atoms with Gasteiger partial charge in [0.05, 0.1) is 18.8 Å². The molecule has 1 saturated heterocycles. The fourth-order valence-electron chi connectivity index (χ4n) is 4.43. The molecule has 2 atom stereocenters. The minimum Gasteiger partial charge on any atom is -0.493 e. The summed E-state index contributed by atoms with van der Waals surface area (Å²) in [7, 11) is 1.57. The minimum absolute atomic E-state index is 0.220. The van der Waals surface area contributed by atoms with E-state index in [1.807, 2.05) is 25.1 Å². The number of halogens is 1. The van der Waals surface area contributed by atoms with Gasteiger partial charge in [0.2, 0.25) is 0 Å². The Kier molecular flexibility index (Phi) is 4.92. The number of ether oxygens (including phenoxy) is 2. The quantitative estimate of drug-likeness (QED) is 0.599. The van der Waals surface area contributed by atoms with Crippen LogP contribution in [0.25, 0.3) is 0 Å². The molecule has 168 valence electrons. The van der Waals surface area contributed by atoms with E-state index in [0.29, 0.717) is 34.9 Å². The van der Waals surface area contributed by atoms with Crippen molar-refractivity contribution in [3.05, 3.63) is 83.7 Å². The third-order valence-electron chi connectivity index (χ3n) is 5.95. The molecule has 2 N–H and O–H groups in total. The number of carbonyl (C=O) groups is 2. The Balaban J connectivity index is 1.46. The van der Waals surface area contributed by atoms with Gasteiger partial charge in [0.25, 0.3) is 5.91 Å². The third-order valence-corrected chi connectivity index (χ3v) is 5.95. The lowest BCUT2D eigenvalue weighted by atomic mass is 9.89. The predicted molar refractivity (Wildman–Crippen MR) is 121 cm³/mol. The van der Waals surface area contributed by atoms with Crippen molar-refractivity contribution in [3.63, 3.8) is 0 Å². The van der Waals surface area contributed by atoms with Crippen LogP contribution in [0, 0.1) is 5.82 Å². The van der Waals surface area contributed by atoms with Gasteiger partial charge in [-0.3, -0.25) is 9.69 Å². The molecule has 1 fully saturated rings. The molecule has 5 rings (SSSR count). The van der Waals surface area contributed by atoms with Gasteiger partial charge in [0, 0.05) is 23.2 Å². The van der Waals surface area contributed by atoms with Crippen molar-refractivity contribution in [2.24, 2.45) is 0 Å². The second-order valence-electron chi connectivity index (χ2n) is 8.21. The third kappa shape index (κ3) is 3.63. The van der Waals surface area contributed by atoms with Crippen molar-refractivity contribution in [1.29, 1.82) is 0 Å². The molecule has 3 aromatic rings. The molecule has 33 heavy (non-hydrogen) atoms. The van der Waals surface area contributed by atoms with Crippen molar-refractivity contribution in [1.82, 2.24) is 5.32 Å². The Morgan fingerprint density at radius 1 is 1.18 bits per heavy atom. The fraction of sp³-hybridized carbons (Fsp3) is 0.200. The Morgan fingerprint density at radius 2 is 1.94 bits per heavy atom. The number of fused-ring (bicyclic) bond motifs is 4. The Bertz CT molecular complexity index is 1250. The normalized spacial score (nSPS) is 20.9. The van der Waals surface area contributed by atoms with Crippen molar-refractivity contribution in [2.75, 3.05) is 17.3 Å². The Labute approximate surface area is 190 Å².